The molecule has 2 heterocycles. The van der Waals surface area contributed by atoms with E-state index in [4.69, 9.17) is 9.52 Å². The summed E-state index contributed by atoms with van der Waals surface area (Å²) in [7, 11) is -4.19. The van der Waals surface area contributed by atoms with Crippen LogP contribution < -0.4 is 9.62 Å². The number of hydrogen-bond acceptors (Lipinski definition) is 7. The Morgan fingerprint density at radius 2 is 1.83 bits per heavy atom. The zero-order valence-corrected chi connectivity index (χ0v) is 20.4. The molecule has 0 saturated carbocycles. The molecule has 1 fully saturated rings. The first-order valence-corrected chi connectivity index (χ1v) is 13.1. The molecule has 0 radical (unpaired) electrons. The maximum Gasteiger partial charge on any atom is 0.251 e. The van der Waals surface area contributed by atoms with Gasteiger partial charge in [-0.2, -0.15) is 5.26 Å². The predicted molar refractivity (Wildman–Crippen MR) is 136 cm³/mol. The topological polar surface area (TPSA) is 127 Å². The van der Waals surface area contributed by atoms with Crippen molar-refractivity contribution in [3.8, 4) is 17.4 Å². The van der Waals surface area contributed by atoms with Gasteiger partial charge in [-0.25, -0.2) is 13.1 Å². The molecule has 2 aromatic carbocycles. The largest absolute Gasteiger partial charge is 0.456 e. The number of nitriles is 1. The van der Waals surface area contributed by atoms with Gasteiger partial charge >= 0.3 is 0 Å². The minimum absolute atomic E-state index is 0.150. The molecule has 3 N–H and O–H groups in total. The van der Waals surface area contributed by atoms with Crippen molar-refractivity contribution in [3.05, 3.63) is 59.2 Å². The molecule has 0 aliphatic carbocycles. The van der Waals surface area contributed by atoms with E-state index >= 15 is 0 Å². The maximum atomic E-state index is 12.5. The van der Waals surface area contributed by atoms with Crippen LogP contribution in [0.5, 0.6) is 0 Å². The standard InChI is InChI=1S/C26H29N3O5S/c1-18(26(15-27)35(32,33)28-16-23(31)17-30)24-9-10-25(34-24)21-6-5-20-14-22(8-7-19(20)13-21)29-11-3-2-4-12-29/h5-10,13-14,23,28,30-31H,2-4,11-12,16-17H2,1H3/b26-18+. The zero-order chi connectivity index (χ0) is 25.0. The van der Waals surface area contributed by atoms with E-state index in [-0.39, 0.29) is 11.3 Å². The fourth-order valence-electron chi connectivity index (χ4n) is 4.23. The van der Waals surface area contributed by atoms with Crippen LogP contribution in [0.25, 0.3) is 27.7 Å². The molecule has 0 spiro atoms. The Morgan fingerprint density at radius 1 is 1.11 bits per heavy atom. The van der Waals surface area contributed by atoms with Crippen LogP contribution in [-0.4, -0.2) is 51.0 Å². The van der Waals surface area contributed by atoms with E-state index in [9.17, 15) is 18.8 Å². The molecule has 35 heavy (non-hydrogen) atoms. The summed E-state index contributed by atoms with van der Waals surface area (Å²) in [5.74, 6) is 0.810. The molecule has 1 unspecified atom stereocenters. The fourth-order valence-corrected chi connectivity index (χ4v) is 5.41. The number of nitrogens with zero attached hydrogens (tertiary/aromatic N) is 2. The third-order valence-electron chi connectivity index (χ3n) is 6.24. The number of hydrogen-bond donors (Lipinski definition) is 3. The highest BCUT2D eigenvalue weighted by Crippen LogP contribution is 2.32. The lowest BCUT2D eigenvalue weighted by Gasteiger charge is -2.29. The lowest BCUT2D eigenvalue weighted by Crippen LogP contribution is -2.34. The van der Waals surface area contributed by atoms with Crippen LogP contribution in [0.1, 0.15) is 31.9 Å². The number of furan rings is 1. The summed E-state index contributed by atoms with van der Waals surface area (Å²) in [4.78, 5) is 1.91. The summed E-state index contributed by atoms with van der Waals surface area (Å²) in [5, 5.41) is 30.0. The molecular weight excluding hydrogens is 466 g/mol. The molecule has 1 aromatic heterocycles. The molecule has 1 aliphatic rings. The Morgan fingerprint density at radius 3 is 2.54 bits per heavy atom. The van der Waals surface area contributed by atoms with Crippen molar-refractivity contribution in [1.82, 2.24) is 4.72 Å². The monoisotopic (exact) mass is 495 g/mol. The van der Waals surface area contributed by atoms with Gasteiger partial charge in [0.15, 0.2) is 4.91 Å². The van der Waals surface area contributed by atoms with E-state index in [2.05, 4.69) is 27.8 Å². The van der Waals surface area contributed by atoms with Crippen LogP contribution in [0.4, 0.5) is 5.69 Å². The molecule has 1 aliphatic heterocycles. The number of sulfonamides is 1. The molecule has 8 nitrogen and oxygen atoms in total. The minimum Gasteiger partial charge on any atom is -0.456 e. The number of aliphatic hydroxyl groups is 2. The smallest absolute Gasteiger partial charge is 0.251 e. The van der Waals surface area contributed by atoms with Crippen LogP contribution in [0.15, 0.2) is 57.9 Å². The van der Waals surface area contributed by atoms with E-state index in [1.54, 1.807) is 18.2 Å². The number of nitrogens with one attached hydrogen (secondary N) is 1. The highest BCUT2D eigenvalue weighted by Gasteiger charge is 2.23. The van der Waals surface area contributed by atoms with Gasteiger partial charge in [0.1, 0.15) is 17.6 Å². The first-order chi connectivity index (χ1) is 16.8. The number of benzene rings is 2. The van der Waals surface area contributed by atoms with Gasteiger partial charge in [-0.15, -0.1) is 0 Å². The number of piperidine rings is 1. The van der Waals surface area contributed by atoms with Crippen LogP contribution in [0.3, 0.4) is 0 Å². The van der Waals surface area contributed by atoms with Crippen LogP contribution in [0.2, 0.25) is 0 Å². The second kappa shape index (κ2) is 10.6. The molecule has 0 bridgehead atoms. The Hall–Kier alpha value is -3.16. The van der Waals surface area contributed by atoms with Gasteiger partial charge in [0.05, 0.1) is 12.7 Å². The summed E-state index contributed by atoms with van der Waals surface area (Å²) in [6, 6.07) is 17.6. The lowest BCUT2D eigenvalue weighted by molar-refractivity contribution is 0.0989. The van der Waals surface area contributed by atoms with Crippen molar-refractivity contribution in [2.24, 2.45) is 0 Å². The average Bonchev–Trinajstić information content (AvgIpc) is 3.38. The second-order valence-corrected chi connectivity index (χ2v) is 10.4. The fraction of sp³-hybridized carbons (Fsp3) is 0.346. The molecular formula is C26H29N3O5S. The highest BCUT2D eigenvalue weighted by atomic mass is 32.2. The van der Waals surface area contributed by atoms with Gasteiger partial charge in [-0.05, 0) is 67.3 Å². The first kappa shape index (κ1) is 24.9. The van der Waals surface area contributed by atoms with E-state index in [0.29, 0.717) is 5.76 Å². The van der Waals surface area contributed by atoms with Gasteiger partial charge < -0.3 is 19.5 Å². The Balaban J connectivity index is 1.59. The molecule has 9 heteroatoms. The average molecular weight is 496 g/mol. The van der Waals surface area contributed by atoms with Gasteiger partial charge in [-0.3, -0.25) is 0 Å². The van der Waals surface area contributed by atoms with Gasteiger partial charge in [0, 0.05) is 36.5 Å². The van der Waals surface area contributed by atoms with Crippen LogP contribution in [-0.2, 0) is 10.0 Å². The third-order valence-corrected chi connectivity index (χ3v) is 7.72. The third kappa shape index (κ3) is 5.57. The summed E-state index contributed by atoms with van der Waals surface area (Å²) in [6.07, 6.45) is 2.48. The Labute approximate surface area is 205 Å². The first-order valence-electron chi connectivity index (χ1n) is 11.6. The van der Waals surface area contributed by atoms with E-state index in [0.717, 1.165) is 29.4 Å². The number of fused-ring (bicyclic) bond motifs is 1. The van der Waals surface area contributed by atoms with E-state index in [1.807, 2.05) is 18.2 Å². The Bertz CT molecular complexity index is 1380. The molecule has 1 saturated heterocycles. The van der Waals surface area contributed by atoms with E-state index < -0.39 is 34.2 Å². The van der Waals surface area contributed by atoms with Gasteiger partial charge in [0.2, 0.25) is 0 Å². The number of allylic oxidation sites excluding steroid dienone is 2. The van der Waals surface area contributed by atoms with Crippen molar-refractivity contribution >= 4 is 32.1 Å². The summed E-state index contributed by atoms with van der Waals surface area (Å²) in [5.41, 5.74) is 2.22. The summed E-state index contributed by atoms with van der Waals surface area (Å²) >= 11 is 0. The number of rotatable bonds is 8. The quantitative estimate of drug-likeness (QED) is 0.407. The predicted octanol–water partition coefficient (Wildman–Crippen LogP) is 3.62. The van der Waals surface area contributed by atoms with Crippen molar-refractivity contribution in [1.29, 1.82) is 5.26 Å². The zero-order valence-electron chi connectivity index (χ0n) is 19.6. The van der Waals surface area contributed by atoms with Crippen LogP contribution >= 0.6 is 0 Å². The van der Waals surface area contributed by atoms with Crippen molar-refractivity contribution < 1.29 is 23.0 Å². The van der Waals surface area contributed by atoms with E-state index in [1.165, 1.54) is 31.9 Å². The summed E-state index contributed by atoms with van der Waals surface area (Å²) < 4.78 is 33.1. The van der Waals surface area contributed by atoms with Crippen molar-refractivity contribution in [2.45, 2.75) is 32.3 Å². The molecule has 0 amide bonds. The number of aliphatic hydroxyl groups excluding tert-OH is 2. The number of anilines is 1. The molecule has 3 aromatic rings. The van der Waals surface area contributed by atoms with Crippen molar-refractivity contribution in [2.75, 3.05) is 31.1 Å². The Kier molecular flexibility index (Phi) is 7.57. The summed E-state index contributed by atoms with van der Waals surface area (Å²) in [6.45, 7) is 2.66. The minimum atomic E-state index is -4.19. The van der Waals surface area contributed by atoms with Gasteiger partial charge in [-0.1, -0.05) is 18.2 Å². The molecule has 1 atom stereocenters. The van der Waals surface area contributed by atoms with Gasteiger partial charge in [0.25, 0.3) is 10.0 Å². The normalized spacial score (nSPS) is 16.1. The highest BCUT2D eigenvalue weighted by molar-refractivity contribution is 7.93. The van der Waals surface area contributed by atoms with Crippen LogP contribution in [0, 0.1) is 11.3 Å². The second-order valence-electron chi connectivity index (χ2n) is 8.71. The maximum absolute atomic E-state index is 12.5. The van der Waals surface area contributed by atoms with Crippen molar-refractivity contribution in [3.63, 3.8) is 0 Å². The molecule has 184 valence electrons. The SMILES string of the molecule is C/C(=C(/C#N)S(=O)(=O)NCC(O)CO)c1ccc(-c2ccc3cc(N4CCCCC4)ccc3c2)o1. The molecule has 4 rings (SSSR count). The lowest BCUT2D eigenvalue weighted by atomic mass is 10.0.